The van der Waals surface area contributed by atoms with Gasteiger partial charge in [-0.25, -0.2) is 0 Å². The first-order chi connectivity index (χ1) is 11.8. The van der Waals surface area contributed by atoms with Crippen LogP contribution in [-0.2, 0) is 9.59 Å². The van der Waals surface area contributed by atoms with Gasteiger partial charge in [-0.3, -0.25) is 9.59 Å². The minimum Gasteiger partial charge on any atom is -0.389 e. The first-order valence-corrected chi connectivity index (χ1v) is 10.2. The van der Waals surface area contributed by atoms with Crippen molar-refractivity contribution in [2.24, 2.45) is 28.6 Å². The smallest absolute Gasteiger partial charge is 0.161 e. The number of fused-ring (bicyclic) bond motifs is 5. The van der Waals surface area contributed by atoms with Gasteiger partial charge in [0.25, 0.3) is 0 Å². The molecule has 0 aromatic rings. The molecule has 0 amide bonds. The summed E-state index contributed by atoms with van der Waals surface area (Å²) in [6, 6.07) is 0. The van der Waals surface area contributed by atoms with E-state index in [2.05, 4.69) is 13.8 Å². The lowest BCUT2D eigenvalue weighted by Crippen LogP contribution is -2.60. The third-order valence-corrected chi connectivity index (χ3v) is 9.50. The molecule has 3 fully saturated rings. The van der Waals surface area contributed by atoms with Crippen molar-refractivity contribution < 1.29 is 14.7 Å². The zero-order valence-corrected chi connectivity index (χ0v) is 16.1. The lowest BCUT2D eigenvalue weighted by molar-refractivity contribution is -0.132. The van der Waals surface area contributed by atoms with Gasteiger partial charge in [-0.15, -0.1) is 11.6 Å². The van der Waals surface area contributed by atoms with Crippen molar-refractivity contribution in [1.82, 2.24) is 0 Å². The van der Waals surface area contributed by atoms with Gasteiger partial charge in [0.05, 0.1) is 4.87 Å². The summed E-state index contributed by atoms with van der Waals surface area (Å²) in [6.07, 6.45) is 9.13. The second kappa shape index (κ2) is 5.66. The number of aliphatic hydroxyl groups is 1. The fourth-order valence-corrected chi connectivity index (χ4v) is 7.66. The molecule has 4 rings (SSSR count). The van der Waals surface area contributed by atoms with Gasteiger partial charge >= 0.3 is 0 Å². The van der Waals surface area contributed by atoms with Crippen molar-refractivity contribution in [2.75, 3.05) is 6.61 Å². The Hall–Kier alpha value is -0.670. The number of allylic oxidation sites excluding steroid dienone is 1. The molecule has 4 heteroatoms. The summed E-state index contributed by atoms with van der Waals surface area (Å²) in [5, 5.41) is 9.39. The number of carbonyl (C=O) groups excluding carboxylic acids is 2. The van der Waals surface area contributed by atoms with Crippen LogP contribution >= 0.6 is 11.6 Å². The van der Waals surface area contributed by atoms with Crippen LogP contribution in [0, 0.1) is 28.6 Å². The number of hydrogen-bond donors (Lipinski definition) is 1. The van der Waals surface area contributed by atoms with Crippen molar-refractivity contribution in [3.63, 3.8) is 0 Å². The molecule has 0 unspecified atom stereocenters. The Morgan fingerprint density at radius 3 is 2.64 bits per heavy atom. The second-order valence-corrected chi connectivity index (χ2v) is 10.0. The van der Waals surface area contributed by atoms with E-state index >= 15 is 0 Å². The predicted octanol–water partition coefficient (Wildman–Crippen LogP) is 4.06. The standard InChI is InChI=1S/C21H29ClO3/c1-19-9-10-21(22)16(15(19)5-6-17(19)18(25)12-23)4-3-13-11-14(24)7-8-20(13,21)2/h11,15-17,23H,3-10,12H2,1-2H3/t15-,16-,17+,19-,20-,21+/m0/s1. The predicted molar refractivity (Wildman–Crippen MR) is 97.4 cm³/mol. The molecule has 4 aliphatic carbocycles. The quantitative estimate of drug-likeness (QED) is 0.752. The maximum atomic E-state index is 12.3. The maximum Gasteiger partial charge on any atom is 0.161 e. The highest BCUT2D eigenvalue weighted by atomic mass is 35.5. The summed E-state index contributed by atoms with van der Waals surface area (Å²) in [7, 11) is 0. The molecule has 0 heterocycles. The van der Waals surface area contributed by atoms with Crippen LogP contribution in [0.15, 0.2) is 11.6 Å². The second-order valence-electron chi connectivity index (χ2n) is 9.34. The SMILES string of the molecule is C[C@]12CC[C@@]3(Cl)[C@@H](CCC4=CC(=O)CC[C@@]43C)[C@@H]1CC[C@@H]2C(=O)CO. The van der Waals surface area contributed by atoms with Crippen LogP contribution in [0.4, 0.5) is 0 Å². The summed E-state index contributed by atoms with van der Waals surface area (Å²) < 4.78 is 0. The molecule has 25 heavy (non-hydrogen) atoms. The lowest BCUT2D eigenvalue weighted by atomic mass is 9.46. The minimum absolute atomic E-state index is 0.0120. The molecule has 0 aromatic carbocycles. The summed E-state index contributed by atoms with van der Waals surface area (Å²) in [5.74, 6) is 1.11. The molecule has 0 aliphatic heterocycles. The van der Waals surface area contributed by atoms with Gasteiger partial charge in [-0.1, -0.05) is 19.4 Å². The first-order valence-electron chi connectivity index (χ1n) is 9.82. The van der Waals surface area contributed by atoms with Crippen molar-refractivity contribution >= 4 is 23.2 Å². The van der Waals surface area contributed by atoms with E-state index in [1.54, 1.807) is 0 Å². The monoisotopic (exact) mass is 364 g/mol. The van der Waals surface area contributed by atoms with Crippen LogP contribution in [0.1, 0.15) is 65.2 Å². The highest BCUT2D eigenvalue weighted by Gasteiger charge is 2.66. The molecule has 138 valence electrons. The number of hydrogen-bond acceptors (Lipinski definition) is 3. The fourth-order valence-electron chi connectivity index (χ4n) is 7.09. The highest BCUT2D eigenvalue weighted by Crippen LogP contribution is 2.70. The Morgan fingerprint density at radius 1 is 1.16 bits per heavy atom. The molecular formula is C21H29ClO3. The number of halogens is 1. The summed E-state index contributed by atoms with van der Waals surface area (Å²) >= 11 is 7.44. The van der Waals surface area contributed by atoms with E-state index in [1.807, 2.05) is 6.08 Å². The van der Waals surface area contributed by atoms with E-state index in [-0.39, 0.29) is 39.8 Å². The van der Waals surface area contributed by atoms with Crippen LogP contribution in [0.5, 0.6) is 0 Å². The maximum absolute atomic E-state index is 12.3. The number of alkyl halides is 1. The van der Waals surface area contributed by atoms with Crippen molar-refractivity contribution in [2.45, 2.75) is 70.1 Å². The van der Waals surface area contributed by atoms with Crippen molar-refractivity contribution in [3.05, 3.63) is 11.6 Å². The van der Waals surface area contributed by atoms with E-state index in [9.17, 15) is 14.7 Å². The number of carbonyl (C=O) groups is 2. The largest absolute Gasteiger partial charge is 0.389 e. The van der Waals surface area contributed by atoms with E-state index < -0.39 is 0 Å². The molecule has 3 nitrogen and oxygen atoms in total. The third kappa shape index (κ3) is 2.21. The van der Waals surface area contributed by atoms with Gasteiger partial charge in [0, 0.05) is 17.8 Å². The fraction of sp³-hybridized carbons (Fsp3) is 0.810. The number of aliphatic hydroxyl groups excluding tert-OH is 1. The van der Waals surface area contributed by atoms with E-state index in [1.165, 1.54) is 5.57 Å². The molecule has 0 radical (unpaired) electrons. The van der Waals surface area contributed by atoms with E-state index in [0.29, 0.717) is 18.3 Å². The average Bonchev–Trinajstić information content (AvgIpc) is 2.93. The summed E-state index contributed by atoms with van der Waals surface area (Å²) in [4.78, 5) is 23.9. The van der Waals surface area contributed by atoms with Crippen LogP contribution in [0.25, 0.3) is 0 Å². The number of Topliss-reactive ketones (excluding diaryl/α,β-unsaturated/α-hetero) is 1. The van der Waals surface area contributed by atoms with Crippen LogP contribution in [0.3, 0.4) is 0 Å². The van der Waals surface area contributed by atoms with Crippen LogP contribution in [-0.4, -0.2) is 28.2 Å². The molecule has 0 bridgehead atoms. The van der Waals surface area contributed by atoms with Gasteiger partial charge in [0.15, 0.2) is 11.6 Å². The van der Waals surface area contributed by atoms with Crippen molar-refractivity contribution in [3.8, 4) is 0 Å². The Bertz CT molecular complexity index is 656. The van der Waals surface area contributed by atoms with E-state index in [0.717, 1.165) is 44.9 Å². The molecule has 4 aliphatic rings. The van der Waals surface area contributed by atoms with Crippen LogP contribution < -0.4 is 0 Å². The zero-order chi connectivity index (χ0) is 18.0. The van der Waals surface area contributed by atoms with Gasteiger partial charge in [-0.05, 0) is 68.3 Å². The summed E-state index contributed by atoms with van der Waals surface area (Å²) in [5.41, 5.74) is 1.15. The topological polar surface area (TPSA) is 54.4 Å². The van der Waals surface area contributed by atoms with Gasteiger partial charge in [0.1, 0.15) is 6.61 Å². The van der Waals surface area contributed by atoms with Crippen molar-refractivity contribution in [1.29, 1.82) is 0 Å². The Balaban J connectivity index is 1.71. The molecule has 1 N–H and O–H groups in total. The molecule has 6 atom stereocenters. The Kier molecular flexibility index (Phi) is 4.01. The summed E-state index contributed by atoms with van der Waals surface area (Å²) in [6.45, 7) is 4.20. The van der Waals surface area contributed by atoms with Crippen LogP contribution in [0.2, 0.25) is 0 Å². The third-order valence-electron chi connectivity index (χ3n) is 8.61. The minimum atomic E-state index is -0.337. The van der Waals surface area contributed by atoms with Gasteiger partial charge < -0.3 is 5.11 Å². The Labute approximate surface area is 155 Å². The molecule has 3 saturated carbocycles. The highest BCUT2D eigenvalue weighted by molar-refractivity contribution is 6.25. The molecule has 0 aromatic heterocycles. The lowest BCUT2D eigenvalue weighted by Gasteiger charge is -2.62. The molecule has 0 saturated heterocycles. The van der Waals surface area contributed by atoms with Gasteiger partial charge in [0.2, 0.25) is 0 Å². The van der Waals surface area contributed by atoms with Gasteiger partial charge in [-0.2, -0.15) is 0 Å². The Morgan fingerprint density at radius 2 is 1.92 bits per heavy atom. The number of ketones is 2. The van der Waals surface area contributed by atoms with E-state index in [4.69, 9.17) is 11.6 Å². The normalized spacial score (nSPS) is 49.0. The zero-order valence-electron chi connectivity index (χ0n) is 15.3. The number of rotatable bonds is 2. The molecular weight excluding hydrogens is 336 g/mol. The molecule has 0 spiro atoms. The first kappa shape index (κ1) is 17.7. The average molecular weight is 365 g/mol.